The molecule has 4 nitrogen and oxygen atoms in total. The van der Waals surface area contributed by atoms with E-state index in [9.17, 15) is 0 Å². The smallest absolute Gasteiger partial charge is 0.136 e. The quantitative estimate of drug-likeness (QED) is 0.818. The summed E-state index contributed by atoms with van der Waals surface area (Å²) in [7, 11) is 0. The number of aromatic nitrogens is 2. The highest BCUT2D eigenvalue weighted by Gasteiger charge is 2.27. The Hall–Kier alpha value is -1.62. The second-order valence-corrected chi connectivity index (χ2v) is 5.89. The van der Waals surface area contributed by atoms with Gasteiger partial charge in [0.1, 0.15) is 17.5 Å². The zero-order valence-corrected chi connectivity index (χ0v) is 12.5. The van der Waals surface area contributed by atoms with Gasteiger partial charge < -0.3 is 10.6 Å². The molecule has 1 aliphatic rings. The molecule has 2 aromatic heterocycles. The van der Waals surface area contributed by atoms with E-state index in [1.54, 1.807) is 11.3 Å². The molecule has 0 radical (unpaired) electrons. The minimum Gasteiger partial charge on any atom is -0.370 e. The van der Waals surface area contributed by atoms with E-state index in [4.69, 9.17) is 0 Å². The van der Waals surface area contributed by atoms with Gasteiger partial charge in [0.25, 0.3) is 0 Å². The summed E-state index contributed by atoms with van der Waals surface area (Å²) < 4.78 is 0. The Morgan fingerprint density at radius 3 is 2.70 bits per heavy atom. The SMILES string of the molecule is CCNc1cc(NCCc2ccsc2)nc(C2CC2)n1. The van der Waals surface area contributed by atoms with Crippen molar-refractivity contribution in [3.63, 3.8) is 0 Å². The summed E-state index contributed by atoms with van der Waals surface area (Å²) in [6, 6.07) is 4.18. The molecule has 20 heavy (non-hydrogen) atoms. The molecule has 5 heteroatoms. The summed E-state index contributed by atoms with van der Waals surface area (Å²) in [6.45, 7) is 3.88. The highest BCUT2D eigenvalue weighted by Crippen LogP contribution is 2.38. The van der Waals surface area contributed by atoms with Gasteiger partial charge in [-0.3, -0.25) is 0 Å². The largest absolute Gasteiger partial charge is 0.370 e. The molecule has 0 saturated heterocycles. The van der Waals surface area contributed by atoms with Gasteiger partial charge in [0.2, 0.25) is 0 Å². The summed E-state index contributed by atoms with van der Waals surface area (Å²) in [5, 5.41) is 11.0. The fourth-order valence-corrected chi connectivity index (χ4v) is 2.83. The topological polar surface area (TPSA) is 49.8 Å². The minimum atomic E-state index is 0.575. The normalized spacial score (nSPS) is 14.2. The highest BCUT2D eigenvalue weighted by atomic mass is 32.1. The second kappa shape index (κ2) is 6.22. The molecule has 1 aliphatic carbocycles. The maximum atomic E-state index is 4.64. The number of rotatable bonds is 7. The van der Waals surface area contributed by atoms with Crippen molar-refractivity contribution >= 4 is 23.0 Å². The Kier molecular flexibility index (Phi) is 4.16. The Balaban J connectivity index is 1.64. The van der Waals surface area contributed by atoms with Crippen LogP contribution in [0.25, 0.3) is 0 Å². The predicted octanol–water partition coefficient (Wildman–Crippen LogP) is 3.50. The van der Waals surface area contributed by atoms with Crippen LogP contribution in [0, 0.1) is 0 Å². The zero-order valence-electron chi connectivity index (χ0n) is 11.7. The van der Waals surface area contributed by atoms with Crippen LogP contribution in [-0.4, -0.2) is 23.1 Å². The molecule has 2 N–H and O–H groups in total. The van der Waals surface area contributed by atoms with Crippen LogP contribution in [-0.2, 0) is 6.42 Å². The molecule has 106 valence electrons. The monoisotopic (exact) mass is 288 g/mol. The van der Waals surface area contributed by atoms with Gasteiger partial charge in [-0.1, -0.05) is 0 Å². The molecular formula is C15H20N4S. The highest BCUT2D eigenvalue weighted by molar-refractivity contribution is 7.07. The third-order valence-electron chi connectivity index (χ3n) is 3.34. The molecule has 0 aromatic carbocycles. The lowest BCUT2D eigenvalue weighted by molar-refractivity contribution is 0.913. The first-order valence-electron chi connectivity index (χ1n) is 7.23. The first-order valence-corrected chi connectivity index (χ1v) is 8.17. The molecule has 0 spiro atoms. The summed E-state index contributed by atoms with van der Waals surface area (Å²) in [5.74, 6) is 3.43. The fourth-order valence-electron chi connectivity index (χ4n) is 2.12. The van der Waals surface area contributed by atoms with Crippen LogP contribution in [0.4, 0.5) is 11.6 Å². The molecule has 0 amide bonds. The number of nitrogens with zero attached hydrogens (tertiary/aromatic N) is 2. The minimum absolute atomic E-state index is 0.575. The second-order valence-electron chi connectivity index (χ2n) is 5.11. The summed E-state index contributed by atoms with van der Waals surface area (Å²) in [5.41, 5.74) is 1.38. The number of anilines is 2. The lowest BCUT2D eigenvalue weighted by atomic mass is 10.2. The summed E-state index contributed by atoms with van der Waals surface area (Å²) in [6.07, 6.45) is 3.48. The first-order chi connectivity index (χ1) is 9.85. The molecule has 0 aliphatic heterocycles. The van der Waals surface area contributed by atoms with E-state index in [2.05, 4.69) is 44.4 Å². The molecule has 1 saturated carbocycles. The Morgan fingerprint density at radius 2 is 2.05 bits per heavy atom. The van der Waals surface area contributed by atoms with Crippen LogP contribution in [0.3, 0.4) is 0 Å². The van der Waals surface area contributed by atoms with Gasteiger partial charge in [0.15, 0.2) is 0 Å². The van der Waals surface area contributed by atoms with Crippen molar-refractivity contribution in [1.29, 1.82) is 0 Å². The van der Waals surface area contributed by atoms with Crippen molar-refractivity contribution in [2.45, 2.75) is 32.1 Å². The maximum absolute atomic E-state index is 4.64. The van der Waals surface area contributed by atoms with Crippen molar-refractivity contribution in [3.05, 3.63) is 34.3 Å². The van der Waals surface area contributed by atoms with Crippen molar-refractivity contribution in [2.24, 2.45) is 0 Å². The Labute approximate surface area is 123 Å². The molecular weight excluding hydrogens is 268 g/mol. The molecule has 2 aromatic rings. The van der Waals surface area contributed by atoms with Crippen LogP contribution in [0.15, 0.2) is 22.9 Å². The van der Waals surface area contributed by atoms with Gasteiger partial charge in [-0.05, 0) is 48.6 Å². The first kappa shape index (κ1) is 13.4. The fraction of sp³-hybridized carbons (Fsp3) is 0.467. The summed E-state index contributed by atoms with van der Waals surface area (Å²) in [4.78, 5) is 9.22. The van der Waals surface area contributed by atoms with Gasteiger partial charge in [-0.25, -0.2) is 9.97 Å². The molecule has 1 fully saturated rings. The average Bonchev–Trinajstić information content (AvgIpc) is 3.17. The van der Waals surface area contributed by atoms with E-state index in [0.29, 0.717) is 5.92 Å². The van der Waals surface area contributed by atoms with Gasteiger partial charge in [0, 0.05) is 25.1 Å². The maximum Gasteiger partial charge on any atom is 0.136 e. The van der Waals surface area contributed by atoms with Crippen LogP contribution in [0.1, 0.15) is 37.1 Å². The number of thiophene rings is 1. The third kappa shape index (κ3) is 3.48. The van der Waals surface area contributed by atoms with Crippen molar-refractivity contribution in [3.8, 4) is 0 Å². The lowest BCUT2D eigenvalue weighted by Crippen LogP contribution is -2.10. The van der Waals surface area contributed by atoms with Crippen molar-refractivity contribution < 1.29 is 0 Å². The third-order valence-corrected chi connectivity index (χ3v) is 4.08. The number of nitrogens with one attached hydrogen (secondary N) is 2. The Bertz CT molecular complexity index is 549. The van der Waals surface area contributed by atoms with E-state index in [0.717, 1.165) is 37.0 Å². The van der Waals surface area contributed by atoms with Crippen LogP contribution in [0.2, 0.25) is 0 Å². The predicted molar refractivity (Wildman–Crippen MR) is 84.7 cm³/mol. The van der Waals surface area contributed by atoms with Gasteiger partial charge >= 0.3 is 0 Å². The number of hydrogen-bond donors (Lipinski definition) is 2. The van der Waals surface area contributed by atoms with E-state index < -0.39 is 0 Å². The van der Waals surface area contributed by atoms with E-state index in [1.807, 2.05) is 6.07 Å². The van der Waals surface area contributed by atoms with Gasteiger partial charge in [-0.15, -0.1) is 0 Å². The van der Waals surface area contributed by atoms with E-state index in [-0.39, 0.29) is 0 Å². The molecule has 0 bridgehead atoms. The van der Waals surface area contributed by atoms with Crippen LogP contribution < -0.4 is 10.6 Å². The van der Waals surface area contributed by atoms with E-state index >= 15 is 0 Å². The molecule has 3 rings (SSSR count). The summed E-state index contributed by atoms with van der Waals surface area (Å²) >= 11 is 1.75. The lowest BCUT2D eigenvalue weighted by Gasteiger charge is -2.10. The average molecular weight is 288 g/mol. The molecule has 0 atom stereocenters. The van der Waals surface area contributed by atoms with Gasteiger partial charge in [-0.2, -0.15) is 11.3 Å². The van der Waals surface area contributed by atoms with Crippen molar-refractivity contribution in [2.75, 3.05) is 23.7 Å². The standard InChI is InChI=1S/C15H20N4S/c1-2-16-13-9-14(19-15(18-13)12-3-4-12)17-7-5-11-6-8-20-10-11/h6,8-10,12H,2-5,7H2,1H3,(H2,16,17,18,19). The van der Waals surface area contributed by atoms with Crippen LogP contribution in [0.5, 0.6) is 0 Å². The van der Waals surface area contributed by atoms with Crippen molar-refractivity contribution in [1.82, 2.24) is 9.97 Å². The molecule has 2 heterocycles. The molecule has 0 unspecified atom stereocenters. The Morgan fingerprint density at radius 1 is 1.25 bits per heavy atom. The van der Waals surface area contributed by atoms with Gasteiger partial charge in [0.05, 0.1) is 0 Å². The van der Waals surface area contributed by atoms with Crippen LogP contribution >= 0.6 is 11.3 Å². The zero-order chi connectivity index (χ0) is 13.8. The number of hydrogen-bond acceptors (Lipinski definition) is 5. The van der Waals surface area contributed by atoms with E-state index in [1.165, 1.54) is 18.4 Å².